The fourth-order valence-electron chi connectivity index (χ4n) is 1.38. The smallest absolute Gasteiger partial charge is 0.184 e. The fourth-order valence-corrected chi connectivity index (χ4v) is 1.43. The van der Waals surface area contributed by atoms with E-state index in [9.17, 15) is 0 Å². The zero-order chi connectivity index (χ0) is 15.0. The number of nitrogens with zero attached hydrogens (tertiary/aromatic N) is 1. The van der Waals surface area contributed by atoms with Crippen LogP contribution in [-0.2, 0) is 0 Å². The van der Waals surface area contributed by atoms with Gasteiger partial charge in [-0.25, -0.2) is 0 Å². The van der Waals surface area contributed by atoms with Crippen LogP contribution in [0.1, 0.15) is 25.4 Å². The molecule has 1 rings (SSSR count). The van der Waals surface area contributed by atoms with Gasteiger partial charge in [0.15, 0.2) is 5.11 Å². The summed E-state index contributed by atoms with van der Waals surface area (Å²) in [5.41, 5.74) is 8.69. The Morgan fingerprint density at radius 3 is 2.85 bits per heavy atom. The van der Waals surface area contributed by atoms with Gasteiger partial charge in [-0.3, -0.25) is 5.43 Å². The second-order valence-corrected chi connectivity index (χ2v) is 4.84. The number of hydrogen-bond acceptors (Lipinski definition) is 3. The zero-order valence-corrected chi connectivity index (χ0v) is 12.5. The van der Waals surface area contributed by atoms with E-state index >= 15 is 0 Å². The molecule has 0 radical (unpaired) electrons. The molecule has 5 heteroatoms. The molecule has 0 aliphatic heterocycles. The molecule has 0 unspecified atom stereocenters. The summed E-state index contributed by atoms with van der Waals surface area (Å²) >= 11 is 4.64. The molecule has 0 fully saturated rings. The van der Waals surface area contributed by atoms with Crippen molar-refractivity contribution in [2.45, 2.75) is 13.8 Å². The van der Waals surface area contributed by atoms with Gasteiger partial charge in [0, 0.05) is 5.57 Å². The topological polar surface area (TPSA) is 63.5 Å². The fraction of sp³-hybridized carbons (Fsp3) is 0.200. The van der Waals surface area contributed by atoms with Gasteiger partial charge in [-0.15, -0.1) is 0 Å². The maximum atomic E-state index is 5.67. The minimum Gasteiger partial charge on any atom is -0.455 e. The van der Waals surface area contributed by atoms with Gasteiger partial charge in [0.25, 0.3) is 0 Å². The van der Waals surface area contributed by atoms with E-state index in [1.54, 1.807) is 6.08 Å². The molecule has 0 saturated carbocycles. The van der Waals surface area contributed by atoms with Crippen molar-refractivity contribution in [3.63, 3.8) is 0 Å². The summed E-state index contributed by atoms with van der Waals surface area (Å²) in [5.74, 6) is 1.82. The molecule has 3 N–H and O–H groups in total. The maximum absolute atomic E-state index is 5.67. The lowest BCUT2D eigenvalue weighted by Crippen LogP contribution is -2.23. The van der Waals surface area contributed by atoms with Crippen molar-refractivity contribution in [2.75, 3.05) is 0 Å². The first-order chi connectivity index (χ1) is 9.52. The Labute approximate surface area is 124 Å². The van der Waals surface area contributed by atoms with Crippen LogP contribution < -0.4 is 11.2 Å². The van der Waals surface area contributed by atoms with Gasteiger partial charge in [-0.1, -0.05) is 44.7 Å². The first kappa shape index (κ1) is 15.9. The number of allylic oxidation sites excluding steroid dienone is 5. The van der Waals surface area contributed by atoms with Crippen molar-refractivity contribution < 1.29 is 4.42 Å². The summed E-state index contributed by atoms with van der Waals surface area (Å²) in [4.78, 5) is 0. The Balaban J connectivity index is 2.87. The molecule has 0 amide bonds. The van der Waals surface area contributed by atoms with Crippen LogP contribution in [0.5, 0.6) is 0 Å². The van der Waals surface area contributed by atoms with E-state index in [0.717, 1.165) is 11.3 Å². The number of nitrogens with two attached hydrogens (primary N) is 1. The monoisotopic (exact) mass is 289 g/mol. The van der Waals surface area contributed by atoms with Crippen molar-refractivity contribution in [1.82, 2.24) is 5.43 Å². The summed E-state index contributed by atoms with van der Waals surface area (Å²) in [6, 6.07) is 3.70. The third-order valence-corrected chi connectivity index (χ3v) is 2.33. The van der Waals surface area contributed by atoms with Gasteiger partial charge >= 0.3 is 0 Å². The number of nitrogens with one attached hydrogen (secondary N) is 1. The van der Waals surface area contributed by atoms with Gasteiger partial charge in [-0.2, -0.15) is 5.10 Å². The molecule has 0 aliphatic rings. The third kappa shape index (κ3) is 5.67. The number of furan rings is 1. The minimum absolute atomic E-state index is 0.111. The average Bonchev–Trinajstić information content (AvgIpc) is 2.82. The Bertz CT molecular complexity index is 553. The van der Waals surface area contributed by atoms with Gasteiger partial charge in [-0.05, 0) is 30.3 Å². The largest absolute Gasteiger partial charge is 0.455 e. The summed E-state index contributed by atoms with van der Waals surface area (Å²) < 4.78 is 5.67. The number of hydrazone groups is 1. The minimum atomic E-state index is 0.111. The summed E-state index contributed by atoms with van der Waals surface area (Å²) in [7, 11) is 0. The van der Waals surface area contributed by atoms with Gasteiger partial charge in [0.2, 0.25) is 0 Å². The van der Waals surface area contributed by atoms with Crippen LogP contribution in [0.2, 0.25) is 0 Å². The predicted molar refractivity (Wildman–Crippen MR) is 88.4 cm³/mol. The van der Waals surface area contributed by atoms with E-state index in [1.807, 2.05) is 24.3 Å². The first-order valence-corrected chi connectivity index (χ1v) is 6.63. The van der Waals surface area contributed by atoms with Crippen LogP contribution in [0, 0.1) is 5.92 Å². The Morgan fingerprint density at radius 1 is 1.50 bits per heavy atom. The zero-order valence-electron chi connectivity index (χ0n) is 11.7. The maximum Gasteiger partial charge on any atom is 0.184 e. The van der Waals surface area contributed by atoms with Crippen molar-refractivity contribution >= 4 is 29.1 Å². The van der Waals surface area contributed by atoms with E-state index in [1.165, 1.54) is 6.21 Å². The summed E-state index contributed by atoms with van der Waals surface area (Å²) in [6.45, 7) is 7.94. The Hall–Kier alpha value is -2.14. The van der Waals surface area contributed by atoms with Gasteiger partial charge in [0.1, 0.15) is 11.5 Å². The molecule has 0 aromatic carbocycles. The van der Waals surface area contributed by atoms with Crippen molar-refractivity contribution in [1.29, 1.82) is 0 Å². The number of thiocarbonyl (C=S) groups is 1. The van der Waals surface area contributed by atoms with Crippen LogP contribution in [0.3, 0.4) is 0 Å². The van der Waals surface area contributed by atoms with Crippen molar-refractivity contribution in [2.24, 2.45) is 16.8 Å². The molecule has 106 valence electrons. The molecular weight excluding hydrogens is 270 g/mol. The van der Waals surface area contributed by atoms with Crippen molar-refractivity contribution in [3.05, 3.63) is 54.5 Å². The first-order valence-electron chi connectivity index (χ1n) is 6.22. The molecule has 0 bridgehead atoms. The van der Waals surface area contributed by atoms with E-state index in [4.69, 9.17) is 10.2 Å². The van der Waals surface area contributed by atoms with Gasteiger partial charge in [0.05, 0.1) is 6.21 Å². The van der Waals surface area contributed by atoms with Crippen LogP contribution >= 0.6 is 12.2 Å². The van der Waals surface area contributed by atoms with Crippen LogP contribution in [0.25, 0.3) is 5.57 Å². The highest BCUT2D eigenvalue weighted by Gasteiger charge is 2.03. The lowest BCUT2D eigenvalue weighted by molar-refractivity contribution is 0.547. The van der Waals surface area contributed by atoms with E-state index in [2.05, 4.69) is 49.2 Å². The highest BCUT2D eigenvalue weighted by molar-refractivity contribution is 7.80. The van der Waals surface area contributed by atoms with E-state index in [-0.39, 0.29) is 5.11 Å². The highest BCUT2D eigenvalue weighted by atomic mass is 32.1. The van der Waals surface area contributed by atoms with Crippen molar-refractivity contribution in [3.8, 4) is 0 Å². The Morgan fingerprint density at radius 2 is 2.25 bits per heavy atom. The SMILES string of the molecule is C=C/C=C(\C=C/C(C)C)c1ccc(/C=N/NC(N)=S)o1. The van der Waals surface area contributed by atoms with Gasteiger partial charge < -0.3 is 10.2 Å². The number of hydrogen-bond donors (Lipinski definition) is 2. The molecule has 0 aliphatic carbocycles. The number of rotatable bonds is 6. The molecule has 0 saturated heterocycles. The molecule has 0 atom stereocenters. The molecule has 1 aromatic heterocycles. The quantitative estimate of drug-likeness (QED) is 0.365. The lowest BCUT2D eigenvalue weighted by Gasteiger charge is -1.98. The van der Waals surface area contributed by atoms with E-state index < -0.39 is 0 Å². The normalized spacial score (nSPS) is 12.4. The second-order valence-electron chi connectivity index (χ2n) is 4.40. The van der Waals surface area contributed by atoms with E-state index in [0.29, 0.717) is 11.7 Å². The molecule has 0 spiro atoms. The molecule has 1 aromatic rings. The van der Waals surface area contributed by atoms with Crippen LogP contribution in [0.15, 0.2) is 52.5 Å². The lowest BCUT2D eigenvalue weighted by atomic mass is 10.1. The molecule has 1 heterocycles. The van der Waals surface area contributed by atoms with Crippen LogP contribution in [-0.4, -0.2) is 11.3 Å². The summed E-state index contributed by atoms with van der Waals surface area (Å²) in [6.07, 6.45) is 9.25. The highest BCUT2D eigenvalue weighted by Crippen LogP contribution is 2.19. The molecule has 4 nitrogen and oxygen atoms in total. The third-order valence-electron chi connectivity index (χ3n) is 2.24. The average molecular weight is 289 g/mol. The van der Waals surface area contributed by atoms with Crippen LogP contribution in [0.4, 0.5) is 0 Å². The Kier molecular flexibility index (Phi) is 6.46. The summed E-state index contributed by atoms with van der Waals surface area (Å²) in [5, 5.41) is 3.95. The predicted octanol–water partition coefficient (Wildman–Crippen LogP) is 3.23. The molecular formula is C15H19N3OS. The standard InChI is InChI=1S/C15H19N3OS/c1-4-5-12(7-6-11(2)3)14-9-8-13(19-14)10-17-18-15(16)20/h4-11H,1H2,2-3H3,(H3,16,18,20)/b7-6-,12-5+,17-10+. The molecule has 20 heavy (non-hydrogen) atoms. The second kappa shape index (κ2) is 8.12.